The predicted molar refractivity (Wildman–Crippen MR) is 100.0 cm³/mol. The van der Waals surface area contributed by atoms with Crippen molar-refractivity contribution in [2.24, 2.45) is 18.0 Å². The molecule has 1 amide bonds. The summed E-state index contributed by atoms with van der Waals surface area (Å²) in [5.41, 5.74) is 3.51. The quantitative estimate of drug-likeness (QED) is 0.798. The maximum Gasteiger partial charge on any atom is 0.251 e. The van der Waals surface area contributed by atoms with Crippen molar-refractivity contribution in [3.8, 4) is 0 Å². The van der Waals surface area contributed by atoms with Gasteiger partial charge >= 0.3 is 0 Å². The Bertz CT molecular complexity index is 994. The van der Waals surface area contributed by atoms with E-state index < -0.39 is 10.0 Å². The predicted octanol–water partition coefficient (Wildman–Crippen LogP) is 1.96. The van der Waals surface area contributed by atoms with Crippen LogP contribution in [0.25, 0.3) is 10.2 Å². The lowest BCUT2D eigenvalue weighted by atomic mass is 9.98. The van der Waals surface area contributed by atoms with Gasteiger partial charge in [0.15, 0.2) is 4.80 Å². The molecule has 0 atom stereocenters. The van der Waals surface area contributed by atoms with Crippen molar-refractivity contribution in [3.05, 3.63) is 28.1 Å². The fourth-order valence-corrected chi connectivity index (χ4v) is 5.08. The Labute approximate surface area is 151 Å². The van der Waals surface area contributed by atoms with Crippen LogP contribution in [0.4, 0.5) is 0 Å². The minimum absolute atomic E-state index is 0.149. The molecular formula is C17H23N3O3S2. The summed E-state index contributed by atoms with van der Waals surface area (Å²) < 4.78 is 27.6. The van der Waals surface area contributed by atoms with E-state index in [1.807, 2.05) is 11.6 Å². The van der Waals surface area contributed by atoms with E-state index in [1.54, 1.807) is 0 Å². The van der Waals surface area contributed by atoms with Crippen LogP contribution in [-0.2, 0) is 21.9 Å². The van der Waals surface area contributed by atoms with Gasteiger partial charge in [0.05, 0.1) is 16.5 Å². The third kappa shape index (κ3) is 3.70. The third-order valence-electron chi connectivity index (χ3n) is 4.90. The molecule has 0 unspecified atom stereocenters. The monoisotopic (exact) mass is 381 g/mol. The van der Waals surface area contributed by atoms with E-state index in [-0.39, 0.29) is 11.8 Å². The van der Waals surface area contributed by atoms with Crippen LogP contribution in [0.3, 0.4) is 0 Å². The van der Waals surface area contributed by atoms with Crippen molar-refractivity contribution in [3.63, 3.8) is 0 Å². The molecule has 8 heteroatoms. The summed E-state index contributed by atoms with van der Waals surface area (Å²) in [6, 6.07) is 4.25. The molecule has 6 nitrogen and oxygen atoms in total. The highest BCUT2D eigenvalue weighted by molar-refractivity contribution is 7.88. The van der Waals surface area contributed by atoms with Gasteiger partial charge < -0.3 is 4.57 Å². The maximum atomic E-state index is 12.5. The Morgan fingerprint density at radius 3 is 2.40 bits per heavy atom. The molecule has 0 saturated carbocycles. The van der Waals surface area contributed by atoms with E-state index in [1.165, 1.54) is 33.0 Å². The normalized spacial score (nSPS) is 18.2. The van der Waals surface area contributed by atoms with Crippen LogP contribution in [0.5, 0.6) is 0 Å². The molecule has 1 aliphatic rings. The lowest BCUT2D eigenvalue weighted by molar-refractivity contribution is -0.122. The number of piperidine rings is 1. The zero-order valence-corrected chi connectivity index (χ0v) is 16.6. The fraction of sp³-hybridized carbons (Fsp3) is 0.529. The number of aryl methyl sites for hydroxylation is 3. The Morgan fingerprint density at radius 2 is 1.80 bits per heavy atom. The highest BCUT2D eigenvalue weighted by Crippen LogP contribution is 2.22. The zero-order chi connectivity index (χ0) is 18.4. The number of nitrogens with zero attached hydrogens (tertiary/aromatic N) is 3. The smallest absolute Gasteiger partial charge is 0.251 e. The number of benzene rings is 1. The van der Waals surface area contributed by atoms with Crippen LogP contribution in [-0.4, -0.2) is 42.5 Å². The van der Waals surface area contributed by atoms with E-state index in [0.717, 1.165) is 10.2 Å². The number of hydrogen-bond acceptors (Lipinski definition) is 4. The van der Waals surface area contributed by atoms with E-state index in [9.17, 15) is 13.2 Å². The molecule has 25 heavy (non-hydrogen) atoms. The van der Waals surface area contributed by atoms with Gasteiger partial charge in [-0.2, -0.15) is 4.99 Å². The first-order chi connectivity index (χ1) is 11.7. The van der Waals surface area contributed by atoms with Gasteiger partial charge in [-0.15, -0.1) is 0 Å². The molecule has 1 aliphatic heterocycles. The lowest BCUT2D eigenvalue weighted by Gasteiger charge is -2.28. The van der Waals surface area contributed by atoms with Gasteiger partial charge in [0, 0.05) is 26.1 Å². The highest BCUT2D eigenvalue weighted by atomic mass is 32.2. The first kappa shape index (κ1) is 18.3. The SMILES string of the molecule is Cc1cc2sc(=NC(=O)C3CCN(S(C)(=O)=O)CC3)n(C)c2cc1C. The Hall–Kier alpha value is -1.51. The molecule has 1 aromatic carbocycles. The molecule has 136 valence electrons. The second-order valence-corrected chi connectivity index (χ2v) is 9.73. The fourth-order valence-electron chi connectivity index (χ4n) is 3.11. The molecule has 0 bridgehead atoms. The summed E-state index contributed by atoms with van der Waals surface area (Å²) in [7, 11) is -1.25. The molecule has 1 fully saturated rings. The topological polar surface area (TPSA) is 71.7 Å². The summed E-state index contributed by atoms with van der Waals surface area (Å²) >= 11 is 1.51. The number of aromatic nitrogens is 1. The van der Waals surface area contributed by atoms with Gasteiger partial charge in [-0.05, 0) is 49.9 Å². The van der Waals surface area contributed by atoms with E-state index in [0.29, 0.717) is 30.7 Å². The summed E-state index contributed by atoms with van der Waals surface area (Å²) in [4.78, 5) is 17.6. The first-order valence-corrected chi connectivity index (χ1v) is 10.9. The Balaban J connectivity index is 1.85. The van der Waals surface area contributed by atoms with Crippen LogP contribution in [0.2, 0.25) is 0 Å². The molecule has 0 spiro atoms. The molecule has 1 aromatic heterocycles. The van der Waals surface area contributed by atoms with Crippen molar-refractivity contribution in [1.82, 2.24) is 8.87 Å². The van der Waals surface area contributed by atoms with E-state index >= 15 is 0 Å². The van der Waals surface area contributed by atoms with Crippen molar-refractivity contribution in [1.29, 1.82) is 0 Å². The number of carbonyl (C=O) groups is 1. The largest absolute Gasteiger partial charge is 0.319 e. The summed E-state index contributed by atoms with van der Waals surface area (Å²) in [5, 5.41) is 0. The maximum absolute atomic E-state index is 12.5. The average Bonchev–Trinajstić information content (AvgIpc) is 2.83. The van der Waals surface area contributed by atoms with Crippen LogP contribution >= 0.6 is 11.3 Å². The second kappa shape index (κ2) is 6.66. The van der Waals surface area contributed by atoms with E-state index in [2.05, 4.69) is 31.0 Å². The molecule has 1 saturated heterocycles. The number of rotatable bonds is 2. The molecule has 0 radical (unpaired) electrons. The van der Waals surface area contributed by atoms with Gasteiger partial charge in [-0.3, -0.25) is 4.79 Å². The molecular weight excluding hydrogens is 358 g/mol. The van der Waals surface area contributed by atoms with Crippen molar-refractivity contribution in [2.75, 3.05) is 19.3 Å². The van der Waals surface area contributed by atoms with Crippen molar-refractivity contribution in [2.45, 2.75) is 26.7 Å². The van der Waals surface area contributed by atoms with Crippen LogP contribution in [0.15, 0.2) is 17.1 Å². The number of fused-ring (bicyclic) bond motifs is 1. The first-order valence-electron chi connectivity index (χ1n) is 8.27. The minimum Gasteiger partial charge on any atom is -0.319 e. The number of thiazole rings is 1. The van der Waals surface area contributed by atoms with Crippen LogP contribution in [0, 0.1) is 19.8 Å². The summed E-state index contributed by atoms with van der Waals surface area (Å²) in [5.74, 6) is -0.351. The minimum atomic E-state index is -3.18. The Kier molecular flexibility index (Phi) is 4.87. The third-order valence-corrected chi connectivity index (χ3v) is 7.30. The lowest BCUT2D eigenvalue weighted by Crippen LogP contribution is -2.39. The van der Waals surface area contributed by atoms with Crippen LogP contribution < -0.4 is 4.80 Å². The molecule has 0 N–H and O–H groups in total. The van der Waals surface area contributed by atoms with Crippen molar-refractivity contribution < 1.29 is 13.2 Å². The number of amides is 1. The number of carbonyl (C=O) groups excluding carboxylic acids is 1. The van der Waals surface area contributed by atoms with Gasteiger partial charge in [-0.25, -0.2) is 12.7 Å². The molecule has 2 aromatic rings. The van der Waals surface area contributed by atoms with E-state index in [4.69, 9.17) is 0 Å². The standard InChI is InChI=1S/C17H23N3O3S2/c1-11-9-14-15(10-12(11)2)24-17(19(14)3)18-16(21)13-5-7-20(8-6-13)25(4,22)23/h9-10,13H,5-8H2,1-4H3. The van der Waals surface area contributed by atoms with Gasteiger partial charge in [0.2, 0.25) is 10.0 Å². The van der Waals surface area contributed by atoms with Crippen LogP contribution in [0.1, 0.15) is 24.0 Å². The van der Waals surface area contributed by atoms with Gasteiger partial charge in [0.25, 0.3) is 5.91 Å². The Morgan fingerprint density at radius 1 is 1.20 bits per heavy atom. The zero-order valence-electron chi connectivity index (χ0n) is 14.9. The van der Waals surface area contributed by atoms with Crippen molar-refractivity contribution >= 4 is 37.5 Å². The molecule has 2 heterocycles. The molecule has 3 rings (SSSR count). The summed E-state index contributed by atoms with van der Waals surface area (Å²) in [6.07, 6.45) is 2.27. The van der Waals surface area contributed by atoms with Gasteiger partial charge in [-0.1, -0.05) is 11.3 Å². The van der Waals surface area contributed by atoms with Gasteiger partial charge in [0.1, 0.15) is 0 Å². The summed E-state index contributed by atoms with van der Waals surface area (Å²) in [6.45, 7) is 4.93. The second-order valence-electron chi connectivity index (χ2n) is 6.73. The molecule has 0 aliphatic carbocycles. The average molecular weight is 382 g/mol. The number of hydrogen-bond donors (Lipinski definition) is 0. The number of sulfonamides is 1. The highest BCUT2D eigenvalue weighted by Gasteiger charge is 2.28.